The van der Waals surface area contributed by atoms with Crippen molar-refractivity contribution in [1.29, 1.82) is 0 Å². The minimum atomic E-state index is -0.941. The molecule has 2 aromatic rings. The number of aromatic nitrogens is 1. The van der Waals surface area contributed by atoms with Crippen LogP contribution in [0.4, 0.5) is 10.1 Å². The second kappa shape index (κ2) is 4.14. The van der Waals surface area contributed by atoms with Crippen molar-refractivity contribution in [3.05, 3.63) is 36.0 Å². The molecule has 3 nitrogen and oxygen atoms in total. The van der Waals surface area contributed by atoms with E-state index in [-0.39, 0.29) is 0 Å². The molecule has 0 bridgehead atoms. The van der Waals surface area contributed by atoms with Gasteiger partial charge in [0, 0.05) is 41.4 Å². The topological polar surface area (TPSA) is 45.0 Å². The van der Waals surface area contributed by atoms with Gasteiger partial charge in [0.15, 0.2) is 0 Å². The van der Waals surface area contributed by atoms with Gasteiger partial charge in [-0.2, -0.15) is 0 Å². The summed E-state index contributed by atoms with van der Waals surface area (Å²) in [5.74, 6) is 0. The molecule has 0 saturated heterocycles. The molecule has 1 atom stereocenters. The molecule has 0 fully saturated rings. The Kier molecular flexibility index (Phi) is 2.59. The van der Waals surface area contributed by atoms with E-state index in [2.05, 4.69) is 4.98 Å². The molecule has 0 radical (unpaired) electrons. The number of benzene rings is 1. The second-order valence-electron chi connectivity index (χ2n) is 4.86. The number of hydrogen-bond donors (Lipinski definition) is 2. The summed E-state index contributed by atoms with van der Waals surface area (Å²) in [5, 5.41) is 0.994. The van der Waals surface area contributed by atoms with Crippen molar-refractivity contribution in [2.45, 2.75) is 6.17 Å². The van der Waals surface area contributed by atoms with Gasteiger partial charge in [0.25, 0.3) is 0 Å². The van der Waals surface area contributed by atoms with Crippen LogP contribution in [0.3, 0.4) is 0 Å². The molecule has 94 valence electrons. The van der Waals surface area contributed by atoms with E-state index in [0.717, 1.165) is 28.6 Å². The Hall–Kier alpha value is -1.81. The van der Waals surface area contributed by atoms with Crippen molar-refractivity contribution < 1.29 is 4.39 Å². The first-order chi connectivity index (χ1) is 8.65. The number of nitrogens with two attached hydrogens (primary N) is 1. The summed E-state index contributed by atoms with van der Waals surface area (Å²) in [7, 11) is 1.92. The molecule has 1 aliphatic rings. The van der Waals surface area contributed by atoms with Crippen LogP contribution in [0.5, 0.6) is 0 Å². The Morgan fingerprint density at radius 3 is 3.06 bits per heavy atom. The monoisotopic (exact) mass is 245 g/mol. The van der Waals surface area contributed by atoms with Crippen molar-refractivity contribution in [1.82, 2.24) is 9.88 Å². The zero-order valence-electron chi connectivity index (χ0n) is 10.3. The maximum atomic E-state index is 14.1. The number of fused-ring (bicyclic) bond motifs is 1. The molecule has 0 aliphatic carbocycles. The zero-order valence-corrected chi connectivity index (χ0v) is 10.3. The standard InChI is InChI=1S/C14H16FN3/c1-18-5-4-10(13(15)8-18)12-7-17-14-3-2-9(16)6-11(12)14/h2-4,6-7,13,17H,5,8,16H2,1H3. The number of hydrogen-bond acceptors (Lipinski definition) is 2. The predicted octanol–water partition coefficient (Wildman–Crippen LogP) is 2.42. The van der Waals surface area contributed by atoms with Crippen molar-refractivity contribution in [3.63, 3.8) is 0 Å². The lowest BCUT2D eigenvalue weighted by molar-refractivity contribution is 0.265. The van der Waals surface area contributed by atoms with Crippen LogP contribution in [0.25, 0.3) is 16.5 Å². The van der Waals surface area contributed by atoms with Crippen molar-refractivity contribution in [3.8, 4) is 0 Å². The molecule has 1 aromatic heterocycles. The summed E-state index contributed by atoms with van der Waals surface area (Å²) in [5.41, 5.74) is 9.19. The maximum Gasteiger partial charge on any atom is 0.138 e. The largest absolute Gasteiger partial charge is 0.399 e. The highest BCUT2D eigenvalue weighted by Crippen LogP contribution is 2.31. The number of halogens is 1. The molecular weight excluding hydrogens is 229 g/mol. The molecule has 3 N–H and O–H groups in total. The van der Waals surface area contributed by atoms with Crippen molar-refractivity contribution >= 4 is 22.2 Å². The summed E-state index contributed by atoms with van der Waals surface area (Å²) in [6.07, 6.45) is 2.89. The highest BCUT2D eigenvalue weighted by atomic mass is 19.1. The van der Waals surface area contributed by atoms with E-state index < -0.39 is 6.17 Å². The van der Waals surface area contributed by atoms with Crippen LogP contribution in [0.1, 0.15) is 5.56 Å². The van der Waals surface area contributed by atoms with Crippen LogP contribution < -0.4 is 5.73 Å². The quantitative estimate of drug-likeness (QED) is 0.758. The van der Waals surface area contributed by atoms with Gasteiger partial charge in [0.2, 0.25) is 0 Å². The first kappa shape index (κ1) is 11.3. The van der Waals surface area contributed by atoms with Gasteiger partial charge in [-0.15, -0.1) is 0 Å². The van der Waals surface area contributed by atoms with Crippen LogP contribution in [0.2, 0.25) is 0 Å². The first-order valence-corrected chi connectivity index (χ1v) is 6.05. The second-order valence-corrected chi connectivity index (χ2v) is 4.86. The van der Waals surface area contributed by atoms with E-state index in [1.165, 1.54) is 0 Å². The third kappa shape index (κ3) is 1.78. The van der Waals surface area contributed by atoms with Gasteiger partial charge >= 0.3 is 0 Å². The number of alkyl halides is 1. The number of likely N-dealkylation sites (N-methyl/N-ethyl adjacent to an activating group) is 1. The lowest BCUT2D eigenvalue weighted by atomic mass is 9.97. The molecule has 1 aromatic carbocycles. The molecule has 2 heterocycles. The van der Waals surface area contributed by atoms with Gasteiger partial charge in [-0.3, -0.25) is 4.90 Å². The fourth-order valence-electron chi connectivity index (χ4n) is 2.48. The third-order valence-electron chi connectivity index (χ3n) is 3.45. The lowest BCUT2D eigenvalue weighted by Gasteiger charge is -2.25. The van der Waals surface area contributed by atoms with Crippen LogP contribution in [-0.4, -0.2) is 36.2 Å². The minimum absolute atomic E-state index is 0.445. The smallest absolute Gasteiger partial charge is 0.138 e. The molecule has 3 rings (SSSR count). The van der Waals surface area contributed by atoms with E-state index in [9.17, 15) is 4.39 Å². The molecule has 1 unspecified atom stereocenters. The Labute approximate surface area is 105 Å². The average molecular weight is 245 g/mol. The highest BCUT2D eigenvalue weighted by Gasteiger charge is 2.23. The summed E-state index contributed by atoms with van der Waals surface area (Å²) in [6.45, 7) is 1.23. The third-order valence-corrected chi connectivity index (χ3v) is 3.45. The normalized spacial score (nSPS) is 21.2. The average Bonchev–Trinajstić information content (AvgIpc) is 2.72. The Morgan fingerprint density at radius 1 is 1.44 bits per heavy atom. The predicted molar refractivity (Wildman–Crippen MR) is 73.1 cm³/mol. The number of rotatable bonds is 1. The molecule has 0 saturated carbocycles. The van der Waals surface area contributed by atoms with Crippen molar-refractivity contribution in [2.75, 3.05) is 25.9 Å². The van der Waals surface area contributed by atoms with Gasteiger partial charge in [0.1, 0.15) is 6.17 Å². The van der Waals surface area contributed by atoms with Crippen LogP contribution in [0.15, 0.2) is 30.5 Å². The lowest BCUT2D eigenvalue weighted by Crippen LogP contribution is -2.32. The number of anilines is 1. The summed E-state index contributed by atoms with van der Waals surface area (Å²) >= 11 is 0. The van der Waals surface area contributed by atoms with Gasteiger partial charge in [-0.1, -0.05) is 6.08 Å². The van der Waals surface area contributed by atoms with Crippen LogP contribution in [0, 0.1) is 0 Å². The molecular formula is C14H16FN3. The van der Waals surface area contributed by atoms with Gasteiger partial charge < -0.3 is 10.7 Å². The van der Waals surface area contributed by atoms with Gasteiger partial charge in [-0.25, -0.2) is 4.39 Å². The molecule has 4 heteroatoms. The van der Waals surface area contributed by atoms with E-state index >= 15 is 0 Å². The fraction of sp³-hybridized carbons (Fsp3) is 0.286. The Balaban J connectivity index is 2.12. The van der Waals surface area contributed by atoms with Crippen molar-refractivity contribution in [2.24, 2.45) is 0 Å². The number of H-pyrrole nitrogens is 1. The van der Waals surface area contributed by atoms with Gasteiger partial charge in [-0.05, 0) is 30.8 Å². The van der Waals surface area contributed by atoms with Crippen LogP contribution in [-0.2, 0) is 0 Å². The number of nitrogen functional groups attached to an aromatic ring is 1. The maximum absolute atomic E-state index is 14.1. The van der Waals surface area contributed by atoms with E-state index in [4.69, 9.17) is 5.73 Å². The number of aromatic amines is 1. The molecule has 0 spiro atoms. The first-order valence-electron chi connectivity index (χ1n) is 6.05. The Bertz CT molecular complexity index is 615. The van der Waals surface area contributed by atoms with E-state index in [0.29, 0.717) is 12.2 Å². The number of nitrogens with one attached hydrogen (secondary N) is 1. The number of nitrogens with zero attached hydrogens (tertiary/aromatic N) is 1. The summed E-state index contributed by atoms with van der Waals surface area (Å²) in [6, 6.07) is 5.67. The van der Waals surface area contributed by atoms with E-state index in [1.54, 1.807) is 0 Å². The van der Waals surface area contributed by atoms with Crippen LogP contribution >= 0.6 is 0 Å². The zero-order chi connectivity index (χ0) is 12.7. The molecule has 0 amide bonds. The molecule has 1 aliphatic heterocycles. The minimum Gasteiger partial charge on any atom is -0.399 e. The summed E-state index contributed by atoms with van der Waals surface area (Å²) in [4.78, 5) is 5.14. The summed E-state index contributed by atoms with van der Waals surface area (Å²) < 4.78 is 14.1. The fourth-order valence-corrected chi connectivity index (χ4v) is 2.48. The highest BCUT2D eigenvalue weighted by molar-refractivity contribution is 5.95. The van der Waals surface area contributed by atoms with E-state index in [1.807, 2.05) is 42.4 Å². The molecule has 18 heavy (non-hydrogen) atoms. The Morgan fingerprint density at radius 2 is 2.28 bits per heavy atom. The van der Waals surface area contributed by atoms with Gasteiger partial charge in [0.05, 0.1) is 0 Å². The SMILES string of the molecule is CN1CC=C(c2c[nH]c3ccc(N)cc23)C(F)C1.